The summed E-state index contributed by atoms with van der Waals surface area (Å²) in [5, 5.41) is 10.5. The molecular weight excluding hydrogens is 338 g/mol. The molecule has 6 heteroatoms. The minimum Gasteiger partial charge on any atom is -0.287 e. The molecule has 0 radical (unpaired) electrons. The Balaban J connectivity index is 2.11. The number of hydrogen-bond donors (Lipinski definition) is 0. The van der Waals surface area contributed by atoms with Gasteiger partial charge in [0, 0.05) is 11.4 Å². The van der Waals surface area contributed by atoms with Crippen LogP contribution in [0, 0.1) is 11.3 Å². The molecule has 1 aliphatic carbocycles. The molecule has 2 aromatic heterocycles. The molecule has 0 bridgehead atoms. The highest BCUT2D eigenvalue weighted by atomic mass is 32.2. The largest absolute Gasteiger partial charge is 0.287 e. The number of fused-ring (bicyclic) bond motifs is 3. The fourth-order valence-corrected chi connectivity index (χ4v) is 5.34. The third-order valence-corrected chi connectivity index (χ3v) is 6.66. The smallest absolute Gasteiger partial charge is 0.263 e. The normalized spacial score (nSPS) is 15.2. The van der Waals surface area contributed by atoms with Crippen molar-refractivity contribution in [3.63, 3.8) is 0 Å². The highest BCUT2D eigenvalue weighted by molar-refractivity contribution is 8.00. The number of rotatable bonds is 6. The molecule has 4 nitrogen and oxygen atoms in total. The maximum absolute atomic E-state index is 13.2. The molecule has 24 heavy (non-hydrogen) atoms. The van der Waals surface area contributed by atoms with E-state index in [-0.39, 0.29) is 10.8 Å². The van der Waals surface area contributed by atoms with Gasteiger partial charge in [0.15, 0.2) is 5.16 Å². The first-order chi connectivity index (χ1) is 11.7. The van der Waals surface area contributed by atoms with E-state index in [0.717, 1.165) is 48.7 Å². The van der Waals surface area contributed by atoms with Crippen molar-refractivity contribution < 1.29 is 0 Å². The van der Waals surface area contributed by atoms with Gasteiger partial charge in [-0.15, -0.1) is 11.3 Å². The summed E-state index contributed by atoms with van der Waals surface area (Å²) in [6.07, 6.45) is 7.64. The summed E-state index contributed by atoms with van der Waals surface area (Å²) in [6.45, 7) is 4.71. The molecule has 2 aromatic rings. The van der Waals surface area contributed by atoms with Crippen LogP contribution in [0.3, 0.4) is 0 Å². The lowest BCUT2D eigenvalue weighted by Gasteiger charge is -2.14. The summed E-state index contributed by atoms with van der Waals surface area (Å²) in [5.41, 5.74) is 1.34. The van der Waals surface area contributed by atoms with Crippen LogP contribution in [0.15, 0.2) is 9.95 Å². The predicted octanol–water partition coefficient (Wildman–Crippen LogP) is 4.53. The van der Waals surface area contributed by atoms with Gasteiger partial charge in [-0.1, -0.05) is 31.5 Å². The van der Waals surface area contributed by atoms with E-state index in [2.05, 4.69) is 13.0 Å². The predicted molar refractivity (Wildman–Crippen MR) is 101 cm³/mol. The van der Waals surface area contributed by atoms with E-state index in [1.165, 1.54) is 28.6 Å². The van der Waals surface area contributed by atoms with Crippen LogP contribution in [0.1, 0.15) is 56.4 Å². The Morgan fingerprint density at radius 1 is 1.38 bits per heavy atom. The molecule has 3 rings (SSSR count). The first-order valence-electron chi connectivity index (χ1n) is 8.77. The van der Waals surface area contributed by atoms with Gasteiger partial charge >= 0.3 is 0 Å². The summed E-state index contributed by atoms with van der Waals surface area (Å²) in [5.74, 6) is 0. The Morgan fingerprint density at radius 3 is 2.92 bits per heavy atom. The molecule has 1 atom stereocenters. The molecule has 2 heterocycles. The lowest BCUT2D eigenvalue weighted by atomic mass is 9.97. The fourth-order valence-electron chi connectivity index (χ4n) is 3.21. The van der Waals surface area contributed by atoms with Crippen molar-refractivity contribution in [2.24, 2.45) is 0 Å². The van der Waals surface area contributed by atoms with E-state index < -0.39 is 0 Å². The fraction of sp³-hybridized carbons (Fsp3) is 0.611. The third-order valence-electron chi connectivity index (χ3n) is 4.49. The molecule has 0 spiro atoms. The van der Waals surface area contributed by atoms with Crippen LogP contribution in [0.25, 0.3) is 10.2 Å². The number of thioether (sulfide) groups is 1. The molecule has 0 saturated heterocycles. The lowest BCUT2D eigenvalue weighted by Crippen LogP contribution is -2.24. The minimum atomic E-state index is -0.207. The Kier molecular flexibility index (Phi) is 5.62. The van der Waals surface area contributed by atoms with Crippen LogP contribution >= 0.6 is 23.1 Å². The number of thiophene rings is 1. The van der Waals surface area contributed by atoms with Crippen LogP contribution in [0.4, 0.5) is 0 Å². The molecule has 0 unspecified atom stereocenters. The van der Waals surface area contributed by atoms with Crippen molar-refractivity contribution in [1.29, 1.82) is 5.26 Å². The standard InChI is InChI=1S/C18H23N3OS2/c1-3-4-7-10-21-17(22)15-13-8-5-6-9-14(13)24-16(15)20-18(21)23-12(2)11-19/h12H,3-10H2,1-2H3/t12-/m1/s1. The molecule has 0 aliphatic heterocycles. The average molecular weight is 362 g/mol. The Morgan fingerprint density at radius 2 is 2.17 bits per heavy atom. The molecular formula is C18H23N3OS2. The zero-order valence-electron chi connectivity index (χ0n) is 14.3. The molecule has 128 valence electrons. The molecule has 1 aliphatic rings. The number of aromatic nitrogens is 2. The van der Waals surface area contributed by atoms with Crippen molar-refractivity contribution in [2.45, 2.75) is 75.7 Å². The number of unbranched alkanes of at least 4 members (excludes halogenated alkanes) is 2. The molecule has 0 aromatic carbocycles. The summed E-state index contributed by atoms with van der Waals surface area (Å²) >= 11 is 3.08. The number of aryl methyl sites for hydroxylation is 2. The second kappa shape index (κ2) is 7.71. The monoisotopic (exact) mass is 361 g/mol. The maximum atomic E-state index is 13.2. The molecule has 0 amide bonds. The van der Waals surface area contributed by atoms with E-state index in [4.69, 9.17) is 10.2 Å². The number of hydrogen-bond acceptors (Lipinski definition) is 5. The van der Waals surface area contributed by atoms with E-state index in [0.29, 0.717) is 11.7 Å². The first kappa shape index (κ1) is 17.5. The second-order valence-electron chi connectivity index (χ2n) is 6.34. The Labute approximate surface area is 150 Å². The van der Waals surface area contributed by atoms with E-state index >= 15 is 0 Å². The van der Waals surface area contributed by atoms with Crippen molar-refractivity contribution in [3.8, 4) is 6.07 Å². The van der Waals surface area contributed by atoms with E-state index in [1.807, 2.05) is 11.5 Å². The lowest BCUT2D eigenvalue weighted by molar-refractivity contribution is 0.541. The van der Waals surface area contributed by atoms with E-state index in [9.17, 15) is 4.79 Å². The van der Waals surface area contributed by atoms with Crippen LogP contribution in [-0.2, 0) is 19.4 Å². The maximum Gasteiger partial charge on any atom is 0.263 e. The zero-order chi connectivity index (χ0) is 17.1. The topological polar surface area (TPSA) is 58.7 Å². The van der Waals surface area contributed by atoms with Gasteiger partial charge in [0.2, 0.25) is 0 Å². The highest BCUT2D eigenvalue weighted by Gasteiger charge is 2.22. The summed E-state index contributed by atoms with van der Waals surface area (Å²) in [4.78, 5) is 20.2. The van der Waals surface area contributed by atoms with Gasteiger partial charge in [-0.05, 0) is 44.6 Å². The molecule has 0 N–H and O–H groups in total. The molecule has 0 fully saturated rings. The Bertz CT molecular complexity index is 831. The van der Waals surface area contributed by atoms with Crippen molar-refractivity contribution in [1.82, 2.24) is 9.55 Å². The van der Waals surface area contributed by atoms with Crippen molar-refractivity contribution in [3.05, 3.63) is 20.8 Å². The van der Waals surface area contributed by atoms with Gasteiger partial charge in [-0.25, -0.2) is 4.98 Å². The Hall–Kier alpha value is -1.32. The van der Waals surface area contributed by atoms with Gasteiger partial charge in [-0.3, -0.25) is 9.36 Å². The quantitative estimate of drug-likeness (QED) is 0.431. The zero-order valence-corrected chi connectivity index (χ0v) is 15.9. The van der Waals surface area contributed by atoms with Gasteiger partial charge in [-0.2, -0.15) is 5.26 Å². The molecule has 0 saturated carbocycles. The average Bonchev–Trinajstić information content (AvgIpc) is 2.95. The summed E-state index contributed by atoms with van der Waals surface area (Å²) in [7, 11) is 0. The van der Waals surface area contributed by atoms with Gasteiger partial charge in [0.1, 0.15) is 4.83 Å². The van der Waals surface area contributed by atoms with Crippen LogP contribution < -0.4 is 5.56 Å². The van der Waals surface area contributed by atoms with Crippen LogP contribution in [0.5, 0.6) is 0 Å². The van der Waals surface area contributed by atoms with Crippen molar-refractivity contribution >= 4 is 33.3 Å². The minimum absolute atomic E-state index is 0.100. The SMILES string of the molecule is CCCCCn1c(S[C@H](C)C#N)nc2sc3c(c2c1=O)CCCC3. The van der Waals surface area contributed by atoms with Gasteiger partial charge < -0.3 is 0 Å². The summed E-state index contributed by atoms with van der Waals surface area (Å²) in [6, 6.07) is 2.24. The summed E-state index contributed by atoms with van der Waals surface area (Å²) < 4.78 is 1.82. The number of nitriles is 1. The van der Waals surface area contributed by atoms with Gasteiger partial charge in [0.25, 0.3) is 5.56 Å². The van der Waals surface area contributed by atoms with Gasteiger partial charge in [0.05, 0.1) is 16.7 Å². The van der Waals surface area contributed by atoms with Crippen LogP contribution in [0.2, 0.25) is 0 Å². The van der Waals surface area contributed by atoms with Crippen LogP contribution in [-0.4, -0.2) is 14.8 Å². The van der Waals surface area contributed by atoms with Crippen molar-refractivity contribution in [2.75, 3.05) is 0 Å². The first-order valence-corrected chi connectivity index (χ1v) is 10.5. The second-order valence-corrected chi connectivity index (χ2v) is 8.73. The number of nitrogens with zero attached hydrogens (tertiary/aromatic N) is 3. The highest BCUT2D eigenvalue weighted by Crippen LogP contribution is 2.35. The van der Waals surface area contributed by atoms with E-state index in [1.54, 1.807) is 11.3 Å². The third kappa shape index (κ3) is 3.38.